The van der Waals surface area contributed by atoms with Gasteiger partial charge >= 0.3 is 12.0 Å². The van der Waals surface area contributed by atoms with Gasteiger partial charge in [-0.1, -0.05) is 36.4 Å². The van der Waals surface area contributed by atoms with Crippen LogP contribution in [0.2, 0.25) is 0 Å². The fourth-order valence-electron chi connectivity index (χ4n) is 5.37. The second-order valence-electron chi connectivity index (χ2n) is 11.7. The Balaban J connectivity index is 1.41. The monoisotopic (exact) mass is 587 g/mol. The highest BCUT2D eigenvalue weighted by Gasteiger charge is 2.35. The normalized spacial score (nSPS) is 17.1. The molecular weight excluding hydrogens is 552 g/mol. The Kier molecular flexibility index (Phi) is 8.32. The smallest absolute Gasteiger partial charge is 0.338 e. The highest BCUT2D eigenvalue weighted by atomic mass is 19.2. The Morgan fingerprint density at radius 2 is 1.67 bits per heavy atom. The minimum atomic E-state index is -0.921. The van der Waals surface area contributed by atoms with Crippen molar-refractivity contribution in [2.45, 2.75) is 51.8 Å². The number of hydrogen-bond acceptors (Lipinski definition) is 5. The maximum Gasteiger partial charge on any atom is 0.338 e. The molecule has 1 aliphatic heterocycles. The summed E-state index contributed by atoms with van der Waals surface area (Å²) in [5.41, 5.74) is 3.28. The van der Waals surface area contributed by atoms with Crippen molar-refractivity contribution >= 4 is 17.8 Å². The maximum atomic E-state index is 14.0. The standard InChI is InChI=1S/C33H35F2N5O3/c1-20-28(21-11-13-22(14-12-21)31(41)43-33(2,3)4)38-40(24-9-7-6-8-10-24)30(20)37-32(42)36-27-17-18-39(5)29(27)23-15-16-25(34)26(35)19-23/h6-16,19,27,29H,17-18H2,1-5H3,(H2,36,37,42)/t27-,29?/m1/s1. The van der Waals surface area contributed by atoms with Crippen molar-refractivity contribution in [3.8, 4) is 16.9 Å². The highest BCUT2D eigenvalue weighted by Crippen LogP contribution is 2.33. The lowest BCUT2D eigenvalue weighted by Gasteiger charge is -2.26. The molecule has 1 unspecified atom stereocenters. The summed E-state index contributed by atoms with van der Waals surface area (Å²) in [7, 11) is 1.89. The van der Waals surface area contributed by atoms with Crippen LogP contribution in [0.4, 0.5) is 19.4 Å². The van der Waals surface area contributed by atoms with Crippen LogP contribution in [0, 0.1) is 18.6 Å². The number of para-hydroxylation sites is 1. The first-order chi connectivity index (χ1) is 20.4. The van der Waals surface area contributed by atoms with Crippen LogP contribution in [-0.4, -0.2) is 51.9 Å². The first-order valence-corrected chi connectivity index (χ1v) is 14.1. The molecule has 1 aliphatic rings. The largest absolute Gasteiger partial charge is 0.456 e. The zero-order valence-electron chi connectivity index (χ0n) is 24.8. The van der Waals surface area contributed by atoms with Gasteiger partial charge in [0.1, 0.15) is 11.4 Å². The molecule has 1 saturated heterocycles. The van der Waals surface area contributed by atoms with Gasteiger partial charge in [0.05, 0.1) is 29.0 Å². The molecule has 8 nitrogen and oxygen atoms in total. The molecule has 3 aromatic carbocycles. The zero-order chi connectivity index (χ0) is 30.9. The summed E-state index contributed by atoms with van der Waals surface area (Å²) in [6.07, 6.45) is 0.639. The Morgan fingerprint density at radius 3 is 2.33 bits per heavy atom. The molecule has 1 aromatic heterocycles. The molecule has 2 atom stereocenters. The van der Waals surface area contributed by atoms with E-state index in [4.69, 9.17) is 9.84 Å². The quantitative estimate of drug-likeness (QED) is 0.247. The molecule has 5 rings (SSSR count). The molecule has 43 heavy (non-hydrogen) atoms. The predicted octanol–water partition coefficient (Wildman–Crippen LogP) is 6.65. The van der Waals surface area contributed by atoms with E-state index in [2.05, 4.69) is 10.6 Å². The summed E-state index contributed by atoms with van der Waals surface area (Å²) in [6, 6.07) is 19.2. The lowest BCUT2D eigenvalue weighted by molar-refractivity contribution is 0.00695. The number of amides is 2. The summed E-state index contributed by atoms with van der Waals surface area (Å²) in [5, 5.41) is 10.8. The summed E-state index contributed by atoms with van der Waals surface area (Å²) >= 11 is 0. The number of carbonyl (C=O) groups is 2. The number of halogens is 2. The van der Waals surface area contributed by atoms with E-state index in [1.807, 2.05) is 70.0 Å². The minimum absolute atomic E-state index is 0.319. The SMILES string of the molecule is Cc1c(-c2ccc(C(=O)OC(C)(C)C)cc2)nn(-c2ccccc2)c1NC(=O)N[C@@H]1CCN(C)C1c1ccc(F)c(F)c1. The molecule has 0 spiro atoms. The van der Waals surface area contributed by atoms with Crippen LogP contribution in [0.25, 0.3) is 16.9 Å². The van der Waals surface area contributed by atoms with Gasteiger partial charge in [-0.2, -0.15) is 5.10 Å². The van der Waals surface area contributed by atoms with Crippen LogP contribution in [-0.2, 0) is 4.74 Å². The van der Waals surface area contributed by atoms with Gasteiger partial charge in [-0.15, -0.1) is 0 Å². The van der Waals surface area contributed by atoms with Crippen LogP contribution in [0.15, 0.2) is 72.8 Å². The number of aromatic nitrogens is 2. The molecule has 0 radical (unpaired) electrons. The van der Waals surface area contributed by atoms with E-state index in [9.17, 15) is 18.4 Å². The van der Waals surface area contributed by atoms with Gasteiger partial charge < -0.3 is 10.1 Å². The molecule has 224 valence electrons. The number of likely N-dealkylation sites (N-methyl/N-ethyl adjacent to an activating group) is 1. The summed E-state index contributed by atoms with van der Waals surface area (Å²) in [5.74, 6) is -1.77. The number of urea groups is 1. The lowest BCUT2D eigenvalue weighted by Crippen LogP contribution is -2.41. The van der Waals surface area contributed by atoms with Crippen molar-refractivity contribution < 1.29 is 23.1 Å². The van der Waals surface area contributed by atoms with E-state index < -0.39 is 29.2 Å². The molecule has 2 amide bonds. The first-order valence-electron chi connectivity index (χ1n) is 14.1. The number of rotatable bonds is 6. The number of nitrogens with zero attached hydrogens (tertiary/aromatic N) is 3. The summed E-state index contributed by atoms with van der Waals surface area (Å²) < 4.78 is 34.8. The third-order valence-electron chi connectivity index (χ3n) is 7.40. The van der Waals surface area contributed by atoms with Gasteiger partial charge in [0.15, 0.2) is 11.6 Å². The number of hydrogen-bond donors (Lipinski definition) is 2. The van der Waals surface area contributed by atoms with Gasteiger partial charge in [0, 0.05) is 17.7 Å². The van der Waals surface area contributed by atoms with E-state index in [1.54, 1.807) is 35.0 Å². The lowest BCUT2D eigenvalue weighted by atomic mass is 10.00. The second-order valence-corrected chi connectivity index (χ2v) is 11.7. The predicted molar refractivity (Wildman–Crippen MR) is 161 cm³/mol. The molecule has 0 saturated carbocycles. The van der Waals surface area contributed by atoms with Gasteiger partial charge in [-0.25, -0.2) is 23.1 Å². The van der Waals surface area contributed by atoms with Crippen molar-refractivity contribution in [2.75, 3.05) is 18.9 Å². The van der Waals surface area contributed by atoms with E-state index in [-0.39, 0.29) is 12.1 Å². The third-order valence-corrected chi connectivity index (χ3v) is 7.40. The van der Waals surface area contributed by atoms with Gasteiger partial charge in [-0.3, -0.25) is 10.2 Å². The van der Waals surface area contributed by atoms with Crippen LogP contribution < -0.4 is 10.6 Å². The number of anilines is 1. The Bertz CT molecular complexity index is 1630. The Labute approximate surface area is 249 Å². The van der Waals surface area contributed by atoms with Crippen LogP contribution in [0.3, 0.4) is 0 Å². The zero-order valence-corrected chi connectivity index (χ0v) is 24.8. The van der Waals surface area contributed by atoms with Crippen LogP contribution >= 0.6 is 0 Å². The molecule has 4 aromatic rings. The fourth-order valence-corrected chi connectivity index (χ4v) is 5.37. The number of benzene rings is 3. The minimum Gasteiger partial charge on any atom is -0.456 e. The molecule has 2 N–H and O–H groups in total. The molecule has 1 fully saturated rings. The first kappa shape index (κ1) is 29.9. The molecular formula is C33H35F2N5O3. The topological polar surface area (TPSA) is 88.5 Å². The van der Waals surface area contributed by atoms with Crippen molar-refractivity contribution in [1.29, 1.82) is 0 Å². The van der Waals surface area contributed by atoms with Crippen LogP contribution in [0.1, 0.15) is 54.7 Å². The second kappa shape index (κ2) is 12.0. The number of carbonyl (C=O) groups excluding carboxylic acids is 2. The molecule has 0 bridgehead atoms. The average Bonchev–Trinajstić information content (AvgIpc) is 3.48. The van der Waals surface area contributed by atoms with Crippen molar-refractivity contribution in [1.82, 2.24) is 20.0 Å². The number of nitrogens with one attached hydrogen (secondary N) is 2. The Morgan fingerprint density at radius 1 is 0.977 bits per heavy atom. The van der Waals surface area contributed by atoms with Crippen molar-refractivity contribution in [2.24, 2.45) is 0 Å². The van der Waals surface area contributed by atoms with Gasteiger partial charge in [0.25, 0.3) is 0 Å². The highest BCUT2D eigenvalue weighted by molar-refractivity contribution is 5.92. The Hall–Kier alpha value is -4.57. The van der Waals surface area contributed by atoms with Gasteiger partial charge in [-0.05, 0) is 83.1 Å². The molecule has 2 heterocycles. The number of ether oxygens (including phenoxy) is 1. The number of likely N-dealkylation sites (tertiary alicyclic amines) is 1. The summed E-state index contributed by atoms with van der Waals surface area (Å²) in [4.78, 5) is 27.9. The number of esters is 1. The van der Waals surface area contributed by atoms with Gasteiger partial charge in [0.2, 0.25) is 0 Å². The fraction of sp³-hybridized carbons (Fsp3) is 0.303. The maximum absolute atomic E-state index is 14.0. The van der Waals surface area contributed by atoms with E-state index in [0.29, 0.717) is 35.6 Å². The average molecular weight is 588 g/mol. The van der Waals surface area contributed by atoms with E-state index in [0.717, 1.165) is 22.9 Å². The van der Waals surface area contributed by atoms with E-state index >= 15 is 0 Å². The van der Waals surface area contributed by atoms with Crippen LogP contribution in [0.5, 0.6) is 0 Å². The van der Waals surface area contributed by atoms with Crippen molar-refractivity contribution in [3.05, 3.63) is 101 Å². The molecule has 0 aliphatic carbocycles. The van der Waals surface area contributed by atoms with E-state index in [1.165, 1.54) is 6.07 Å². The third kappa shape index (κ3) is 6.59. The molecule has 10 heteroatoms. The summed E-state index contributed by atoms with van der Waals surface area (Å²) in [6.45, 7) is 8.00. The van der Waals surface area contributed by atoms with Crippen molar-refractivity contribution in [3.63, 3.8) is 0 Å².